The number of carbonyl (C=O) groups is 1. The van der Waals surface area contributed by atoms with Gasteiger partial charge in [0.2, 0.25) is 0 Å². The molecule has 0 bridgehead atoms. The summed E-state index contributed by atoms with van der Waals surface area (Å²) in [4.78, 5) is 22.3. The van der Waals surface area contributed by atoms with Gasteiger partial charge >= 0.3 is 0 Å². The Balaban J connectivity index is 1.68. The third-order valence-electron chi connectivity index (χ3n) is 4.63. The molecule has 2 aromatic heterocycles. The lowest BCUT2D eigenvalue weighted by molar-refractivity contribution is 0.0601. The molecule has 6 nitrogen and oxygen atoms in total. The van der Waals surface area contributed by atoms with Crippen molar-refractivity contribution >= 4 is 16.9 Å². The van der Waals surface area contributed by atoms with E-state index in [9.17, 15) is 4.79 Å². The molecule has 1 amide bonds. The van der Waals surface area contributed by atoms with Gasteiger partial charge in [0.1, 0.15) is 0 Å². The van der Waals surface area contributed by atoms with E-state index in [0.717, 1.165) is 42.5 Å². The number of piperidine rings is 1. The number of hydrogen-bond donors (Lipinski definition) is 1. The summed E-state index contributed by atoms with van der Waals surface area (Å²) in [5, 5.41) is 4.26. The van der Waals surface area contributed by atoms with E-state index in [1.54, 1.807) is 12.5 Å². The zero-order chi connectivity index (χ0) is 15.8. The molecular formula is C17H19N5O. The first-order chi connectivity index (χ1) is 11.2. The summed E-state index contributed by atoms with van der Waals surface area (Å²) in [6.45, 7) is 0.787. The van der Waals surface area contributed by atoms with Crippen molar-refractivity contribution < 1.29 is 4.79 Å². The largest absolute Gasteiger partial charge is 0.345 e. The number of likely N-dealkylation sites (tertiary alicyclic amines) is 1. The molecule has 1 N–H and O–H groups in total. The molecule has 118 valence electrons. The molecule has 1 aliphatic rings. The summed E-state index contributed by atoms with van der Waals surface area (Å²) in [7, 11) is 1.93. The molecule has 23 heavy (non-hydrogen) atoms. The Morgan fingerprint density at radius 2 is 2.22 bits per heavy atom. The second-order valence-corrected chi connectivity index (χ2v) is 6.02. The molecule has 0 radical (unpaired) electrons. The van der Waals surface area contributed by atoms with Crippen molar-refractivity contribution in [3.05, 3.63) is 48.0 Å². The average molecular weight is 309 g/mol. The van der Waals surface area contributed by atoms with E-state index in [1.807, 2.05) is 40.9 Å². The van der Waals surface area contributed by atoms with Gasteiger partial charge in [0.25, 0.3) is 5.91 Å². The Kier molecular flexibility index (Phi) is 3.37. The maximum absolute atomic E-state index is 13.0. The standard InChI is InChI=1S/C17H19N5O/c1-21-15(7-8-20-21)16-4-2-3-9-22(16)17(23)12-5-6-13-14(10-12)19-11-18-13/h5-8,10-11,16H,2-4,9H2,1H3,(H,18,19)/t16-/m0/s1. The summed E-state index contributed by atoms with van der Waals surface area (Å²) >= 11 is 0. The van der Waals surface area contributed by atoms with Crippen molar-refractivity contribution in [2.75, 3.05) is 6.54 Å². The SMILES string of the molecule is Cn1nccc1[C@@H]1CCCCN1C(=O)c1ccc2nc[nH]c2c1. The second-order valence-electron chi connectivity index (χ2n) is 6.02. The van der Waals surface area contributed by atoms with Crippen LogP contribution in [0.5, 0.6) is 0 Å². The monoisotopic (exact) mass is 309 g/mol. The first-order valence-electron chi connectivity index (χ1n) is 7.96. The van der Waals surface area contributed by atoms with Crippen LogP contribution in [0.15, 0.2) is 36.8 Å². The van der Waals surface area contributed by atoms with Crippen molar-refractivity contribution in [2.24, 2.45) is 7.05 Å². The van der Waals surface area contributed by atoms with E-state index in [2.05, 4.69) is 15.1 Å². The fourth-order valence-electron chi connectivity index (χ4n) is 3.43. The van der Waals surface area contributed by atoms with Crippen LogP contribution in [0.4, 0.5) is 0 Å². The number of carbonyl (C=O) groups excluding carboxylic acids is 1. The van der Waals surface area contributed by atoms with Crippen LogP contribution in [0, 0.1) is 0 Å². The lowest BCUT2D eigenvalue weighted by Crippen LogP contribution is -2.39. The number of nitrogens with zero attached hydrogens (tertiary/aromatic N) is 4. The first-order valence-corrected chi connectivity index (χ1v) is 7.96. The Morgan fingerprint density at radius 3 is 3.04 bits per heavy atom. The summed E-state index contributed by atoms with van der Waals surface area (Å²) in [5.41, 5.74) is 3.57. The van der Waals surface area contributed by atoms with E-state index in [4.69, 9.17) is 0 Å². The number of aromatic nitrogens is 4. The Bertz CT molecular complexity index is 849. The molecule has 0 unspecified atom stereocenters. The maximum atomic E-state index is 13.0. The Hall–Kier alpha value is -2.63. The number of hydrogen-bond acceptors (Lipinski definition) is 3. The molecule has 1 saturated heterocycles. The molecule has 0 aliphatic carbocycles. The third kappa shape index (κ3) is 2.40. The highest BCUT2D eigenvalue weighted by molar-refractivity contribution is 5.97. The van der Waals surface area contributed by atoms with Crippen molar-refractivity contribution in [2.45, 2.75) is 25.3 Å². The molecular weight excluding hydrogens is 290 g/mol. The highest BCUT2D eigenvalue weighted by Crippen LogP contribution is 2.32. The van der Waals surface area contributed by atoms with Gasteiger partial charge < -0.3 is 9.88 Å². The van der Waals surface area contributed by atoms with Crippen LogP contribution < -0.4 is 0 Å². The summed E-state index contributed by atoms with van der Waals surface area (Å²) in [5.74, 6) is 0.0763. The normalized spacial score (nSPS) is 18.5. The molecule has 3 aromatic rings. The predicted molar refractivity (Wildman–Crippen MR) is 86.9 cm³/mol. The lowest BCUT2D eigenvalue weighted by atomic mass is 9.98. The molecule has 1 fully saturated rings. The van der Waals surface area contributed by atoms with Crippen LogP contribution in [-0.4, -0.2) is 37.1 Å². The number of fused-ring (bicyclic) bond motifs is 1. The van der Waals surface area contributed by atoms with Crippen LogP contribution in [0.25, 0.3) is 11.0 Å². The number of aryl methyl sites for hydroxylation is 1. The number of benzene rings is 1. The number of amides is 1. The summed E-state index contributed by atoms with van der Waals surface area (Å²) in [6.07, 6.45) is 6.62. The lowest BCUT2D eigenvalue weighted by Gasteiger charge is -2.35. The minimum Gasteiger partial charge on any atom is -0.345 e. The first kappa shape index (κ1) is 14.0. The average Bonchev–Trinajstić information content (AvgIpc) is 3.22. The smallest absolute Gasteiger partial charge is 0.254 e. The quantitative estimate of drug-likeness (QED) is 0.791. The maximum Gasteiger partial charge on any atom is 0.254 e. The van der Waals surface area contributed by atoms with Gasteiger partial charge in [-0.3, -0.25) is 9.48 Å². The minimum absolute atomic E-state index is 0.0763. The van der Waals surface area contributed by atoms with Crippen LogP contribution in [0.1, 0.15) is 41.4 Å². The van der Waals surface area contributed by atoms with Crippen molar-refractivity contribution in [1.82, 2.24) is 24.6 Å². The molecule has 0 saturated carbocycles. The molecule has 1 aromatic carbocycles. The fourth-order valence-corrected chi connectivity index (χ4v) is 3.43. The van der Waals surface area contributed by atoms with E-state index in [-0.39, 0.29) is 11.9 Å². The van der Waals surface area contributed by atoms with Crippen molar-refractivity contribution in [3.63, 3.8) is 0 Å². The molecule has 1 atom stereocenters. The van der Waals surface area contributed by atoms with E-state index in [1.165, 1.54) is 0 Å². The molecule has 0 spiro atoms. The van der Waals surface area contributed by atoms with E-state index < -0.39 is 0 Å². The molecule has 4 rings (SSSR count). The van der Waals surface area contributed by atoms with Crippen LogP contribution in [0.2, 0.25) is 0 Å². The zero-order valence-electron chi connectivity index (χ0n) is 13.1. The van der Waals surface area contributed by atoms with Gasteiger partial charge in [0.15, 0.2) is 0 Å². The van der Waals surface area contributed by atoms with Crippen LogP contribution in [-0.2, 0) is 7.05 Å². The third-order valence-corrected chi connectivity index (χ3v) is 4.63. The zero-order valence-corrected chi connectivity index (χ0v) is 13.1. The fraction of sp³-hybridized carbons (Fsp3) is 0.353. The van der Waals surface area contributed by atoms with E-state index in [0.29, 0.717) is 5.56 Å². The van der Waals surface area contributed by atoms with E-state index >= 15 is 0 Å². The Labute approximate surface area is 134 Å². The number of H-pyrrole nitrogens is 1. The van der Waals surface area contributed by atoms with Gasteiger partial charge in [0, 0.05) is 25.4 Å². The highest BCUT2D eigenvalue weighted by Gasteiger charge is 2.30. The van der Waals surface area contributed by atoms with Crippen LogP contribution in [0.3, 0.4) is 0 Å². The van der Waals surface area contributed by atoms with Gasteiger partial charge in [-0.2, -0.15) is 5.10 Å². The number of rotatable bonds is 2. The number of aromatic amines is 1. The van der Waals surface area contributed by atoms with Gasteiger partial charge in [0.05, 0.1) is 29.1 Å². The van der Waals surface area contributed by atoms with Gasteiger partial charge in [-0.05, 0) is 43.5 Å². The number of nitrogens with one attached hydrogen (secondary N) is 1. The van der Waals surface area contributed by atoms with Crippen molar-refractivity contribution in [3.8, 4) is 0 Å². The topological polar surface area (TPSA) is 66.8 Å². The van der Waals surface area contributed by atoms with Gasteiger partial charge in [-0.15, -0.1) is 0 Å². The van der Waals surface area contributed by atoms with Gasteiger partial charge in [-0.25, -0.2) is 4.98 Å². The molecule has 6 heteroatoms. The Morgan fingerprint density at radius 1 is 1.30 bits per heavy atom. The molecule has 1 aliphatic heterocycles. The molecule has 3 heterocycles. The minimum atomic E-state index is 0.0763. The summed E-state index contributed by atoms with van der Waals surface area (Å²) < 4.78 is 1.87. The predicted octanol–water partition coefficient (Wildman–Crippen LogP) is 2.66. The van der Waals surface area contributed by atoms with Gasteiger partial charge in [-0.1, -0.05) is 0 Å². The van der Waals surface area contributed by atoms with Crippen LogP contribution >= 0.6 is 0 Å². The van der Waals surface area contributed by atoms with Crippen molar-refractivity contribution in [1.29, 1.82) is 0 Å². The highest BCUT2D eigenvalue weighted by atomic mass is 16.2. The number of imidazole rings is 1. The summed E-state index contributed by atoms with van der Waals surface area (Å²) in [6, 6.07) is 7.75. The second kappa shape index (κ2) is 5.53.